The van der Waals surface area contributed by atoms with Crippen LogP contribution in [0.5, 0.6) is 11.5 Å². The maximum Gasteiger partial charge on any atom is 0.306 e. The molecule has 0 radical (unpaired) electrons. The van der Waals surface area contributed by atoms with E-state index in [1.165, 1.54) is 4.31 Å². The molecule has 0 amide bonds. The van der Waals surface area contributed by atoms with Gasteiger partial charge in [0, 0.05) is 25.9 Å². The van der Waals surface area contributed by atoms with Gasteiger partial charge in [0.25, 0.3) is 0 Å². The van der Waals surface area contributed by atoms with Gasteiger partial charge in [-0.2, -0.15) is 4.31 Å². The van der Waals surface area contributed by atoms with E-state index in [1.54, 1.807) is 36.4 Å². The van der Waals surface area contributed by atoms with Crippen LogP contribution in [0.3, 0.4) is 0 Å². The van der Waals surface area contributed by atoms with E-state index in [-0.39, 0.29) is 23.9 Å². The summed E-state index contributed by atoms with van der Waals surface area (Å²) in [4.78, 5) is 12.5. The van der Waals surface area contributed by atoms with E-state index < -0.39 is 10.0 Å². The second-order valence-electron chi connectivity index (χ2n) is 7.87. The van der Waals surface area contributed by atoms with Crippen LogP contribution in [-0.4, -0.2) is 45.0 Å². The van der Waals surface area contributed by atoms with E-state index in [0.717, 1.165) is 30.4 Å². The topological polar surface area (TPSA) is 82.1 Å². The maximum atomic E-state index is 12.6. The molecule has 0 atom stereocenters. The standard InChI is InChI=1S/C23H26ClNO6S/c24-20-14-18(15-21-23(20)30-13-3-12-29-21)16-31-22(26)9-6-17-4-7-19(8-5-17)32(27,28)25-10-1-2-11-25/h4-5,7-8,14-15H,1-3,6,9-13,16H2. The minimum Gasteiger partial charge on any atom is -0.489 e. The number of carbonyl (C=O) groups is 1. The van der Waals surface area contributed by atoms with Crippen molar-refractivity contribution in [3.8, 4) is 11.5 Å². The van der Waals surface area contributed by atoms with E-state index >= 15 is 0 Å². The van der Waals surface area contributed by atoms with Crippen molar-refractivity contribution in [2.45, 2.75) is 43.6 Å². The Hall–Kier alpha value is -2.29. The molecule has 0 spiro atoms. The van der Waals surface area contributed by atoms with Crippen LogP contribution in [0.2, 0.25) is 5.02 Å². The SMILES string of the molecule is O=C(CCc1ccc(S(=O)(=O)N2CCCC2)cc1)OCc1cc(Cl)c2c(c1)OCCCO2. The number of hydrogen-bond donors (Lipinski definition) is 0. The Morgan fingerprint density at radius 1 is 1.00 bits per heavy atom. The molecule has 7 nitrogen and oxygen atoms in total. The van der Waals surface area contributed by atoms with E-state index in [9.17, 15) is 13.2 Å². The summed E-state index contributed by atoms with van der Waals surface area (Å²) >= 11 is 6.27. The minimum atomic E-state index is -3.43. The van der Waals surface area contributed by atoms with Crippen LogP contribution in [0, 0.1) is 0 Å². The molecule has 172 valence electrons. The highest BCUT2D eigenvalue weighted by molar-refractivity contribution is 7.89. The molecule has 2 heterocycles. The highest BCUT2D eigenvalue weighted by atomic mass is 35.5. The smallest absolute Gasteiger partial charge is 0.306 e. The Morgan fingerprint density at radius 2 is 1.72 bits per heavy atom. The van der Waals surface area contributed by atoms with Gasteiger partial charge in [-0.05, 0) is 54.7 Å². The number of carbonyl (C=O) groups excluding carboxylic acids is 1. The van der Waals surface area contributed by atoms with Crippen LogP contribution >= 0.6 is 11.6 Å². The van der Waals surface area contributed by atoms with Crippen LogP contribution in [0.25, 0.3) is 0 Å². The molecule has 0 saturated carbocycles. The molecule has 2 aliphatic heterocycles. The molecule has 0 unspecified atom stereocenters. The lowest BCUT2D eigenvalue weighted by atomic mass is 10.1. The molecule has 0 aromatic heterocycles. The van der Waals surface area contributed by atoms with Crippen molar-refractivity contribution in [1.29, 1.82) is 0 Å². The first-order valence-electron chi connectivity index (χ1n) is 10.8. The number of ether oxygens (including phenoxy) is 3. The summed E-state index contributed by atoms with van der Waals surface area (Å²) < 4.78 is 43.3. The Morgan fingerprint density at radius 3 is 2.47 bits per heavy atom. The van der Waals surface area contributed by atoms with Crippen LogP contribution < -0.4 is 9.47 Å². The predicted octanol–water partition coefficient (Wildman–Crippen LogP) is 3.96. The van der Waals surface area contributed by atoms with E-state index in [0.29, 0.717) is 49.2 Å². The van der Waals surface area contributed by atoms with Crippen molar-refractivity contribution in [1.82, 2.24) is 4.31 Å². The van der Waals surface area contributed by atoms with Crippen molar-refractivity contribution < 1.29 is 27.4 Å². The van der Waals surface area contributed by atoms with Gasteiger partial charge < -0.3 is 14.2 Å². The van der Waals surface area contributed by atoms with Crippen molar-refractivity contribution in [3.63, 3.8) is 0 Å². The van der Waals surface area contributed by atoms with Gasteiger partial charge in [0.05, 0.1) is 23.1 Å². The Kier molecular flexibility index (Phi) is 7.23. The van der Waals surface area contributed by atoms with Crippen molar-refractivity contribution in [2.24, 2.45) is 0 Å². The minimum absolute atomic E-state index is 0.0855. The van der Waals surface area contributed by atoms with Gasteiger partial charge in [-0.25, -0.2) is 8.42 Å². The van der Waals surface area contributed by atoms with Gasteiger partial charge in [0.1, 0.15) is 6.61 Å². The number of fused-ring (bicyclic) bond motifs is 1. The van der Waals surface area contributed by atoms with E-state index in [2.05, 4.69) is 0 Å². The molecule has 2 aromatic rings. The maximum absolute atomic E-state index is 12.6. The summed E-state index contributed by atoms with van der Waals surface area (Å²) in [6.07, 6.45) is 3.23. The van der Waals surface area contributed by atoms with Gasteiger partial charge in [-0.1, -0.05) is 23.7 Å². The van der Waals surface area contributed by atoms with Crippen molar-refractivity contribution in [3.05, 3.63) is 52.5 Å². The molecule has 1 saturated heterocycles. The fraction of sp³-hybridized carbons (Fsp3) is 0.435. The first-order valence-corrected chi connectivity index (χ1v) is 12.6. The normalized spacial score (nSPS) is 16.5. The van der Waals surface area contributed by atoms with Gasteiger partial charge in [0.2, 0.25) is 10.0 Å². The zero-order valence-electron chi connectivity index (χ0n) is 17.7. The fourth-order valence-corrected chi connectivity index (χ4v) is 5.56. The summed E-state index contributed by atoms with van der Waals surface area (Å²) in [5.41, 5.74) is 1.60. The number of hydrogen-bond acceptors (Lipinski definition) is 6. The molecule has 4 rings (SSSR count). The lowest BCUT2D eigenvalue weighted by molar-refractivity contribution is -0.144. The Labute approximate surface area is 193 Å². The first-order chi connectivity index (χ1) is 15.4. The average molecular weight is 480 g/mol. The van der Waals surface area contributed by atoms with Crippen molar-refractivity contribution >= 4 is 27.6 Å². The van der Waals surface area contributed by atoms with Crippen LogP contribution in [0.15, 0.2) is 41.3 Å². The molecule has 2 aliphatic rings. The quantitative estimate of drug-likeness (QED) is 0.559. The number of benzene rings is 2. The van der Waals surface area contributed by atoms with Gasteiger partial charge in [-0.3, -0.25) is 4.79 Å². The number of rotatable bonds is 7. The molecular weight excluding hydrogens is 454 g/mol. The number of esters is 1. The number of sulfonamides is 1. The van der Waals surface area contributed by atoms with Gasteiger partial charge in [-0.15, -0.1) is 0 Å². The molecule has 2 aromatic carbocycles. The number of nitrogens with zero attached hydrogens (tertiary/aromatic N) is 1. The molecule has 0 bridgehead atoms. The summed E-state index contributed by atoms with van der Waals surface area (Å²) in [5, 5.41) is 0.430. The zero-order valence-corrected chi connectivity index (χ0v) is 19.3. The third-order valence-electron chi connectivity index (χ3n) is 5.51. The highest BCUT2D eigenvalue weighted by Crippen LogP contribution is 2.38. The zero-order chi connectivity index (χ0) is 22.6. The Bertz CT molecular complexity index is 1060. The van der Waals surface area contributed by atoms with Gasteiger partial charge >= 0.3 is 5.97 Å². The molecule has 32 heavy (non-hydrogen) atoms. The molecule has 1 fully saturated rings. The van der Waals surface area contributed by atoms with Crippen molar-refractivity contribution in [2.75, 3.05) is 26.3 Å². The highest BCUT2D eigenvalue weighted by Gasteiger charge is 2.26. The third-order valence-corrected chi connectivity index (χ3v) is 7.70. The van der Waals surface area contributed by atoms with Crippen LogP contribution in [-0.2, 0) is 32.6 Å². The number of halogens is 1. The lowest BCUT2D eigenvalue weighted by Gasteiger charge is -2.15. The third kappa shape index (κ3) is 5.36. The predicted molar refractivity (Wildman–Crippen MR) is 120 cm³/mol. The van der Waals surface area contributed by atoms with E-state index in [1.807, 2.05) is 0 Å². The van der Waals surface area contributed by atoms with Gasteiger partial charge in [0.15, 0.2) is 11.5 Å². The summed E-state index contributed by atoms with van der Waals surface area (Å²) in [6, 6.07) is 10.2. The molecule has 0 aliphatic carbocycles. The van der Waals surface area contributed by atoms with Crippen LogP contribution in [0.4, 0.5) is 0 Å². The second kappa shape index (κ2) is 10.1. The molecule has 0 N–H and O–H groups in total. The summed E-state index contributed by atoms with van der Waals surface area (Å²) in [7, 11) is -3.43. The number of aryl methyl sites for hydroxylation is 1. The fourth-order valence-electron chi connectivity index (χ4n) is 3.76. The van der Waals surface area contributed by atoms with Crippen LogP contribution in [0.1, 0.15) is 36.8 Å². The lowest BCUT2D eigenvalue weighted by Crippen LogP contribution is -2.27. The first kappa shape index (κ1) is 22.9. The monoisotopic (exact) mass is 479 g/mol. The summed E-state index contributed by atoms with van der Waals surface area (Å²) in [5.74, 6) is 0.737. The molecular formula is C23H26ClNO6S. The summed E-state index contributed by atoms with van der Waals surface area (Å²) in [6.45, 7) is 2.33. The average Bonchev–Trinajstić information content (AvgIpc) is 3.24. The molecule has 9 heteroatoms. The Balaban J connectivity index is 1.29. The van der Waals surface area contributed by atoms with E-state index in [4.69, 9.17) is 25.8 Å². The second-order valence-corrected chi connectivity index (χ2v) is 10.2. The largest absolute Gasteiger partial charge is 0.489 e.